The van der Waals surface area contributed by atoms with E-state index in [1.54, 1.807) is 0 Å². The Kier molecular flexibility index (Phi) is 45.7. The fourth-order valence-corrected chi connectivity index (χ4v) is 8.10. The molecular formula is C54H104O6. The van der Waals surface area contributed by atoms with E-state index >= 15 is 0 Å². The van der Waals surface area contributed by atoms with Crippen molar-refractivity contribution in [3.05, 3.63) is 0 Å². The van der Waals surface area contributed by atoms with Crippen LogP contribution >= 0.6 is 0 Å². The van der Waals surface area contributed by atoms with E-state index < -0.39 is 6.10 Å². The smallest absolute Gasteiger partial charge is 0.306 e. The molecule has 0 heterocycles. The van der Waals surface area contributed by atoms with Crippen LogP contribution in [0.1, 0.15) is 298 Å². The zero-order chi connectivity index (χ0) is 44.0. The predicted molar refractivity (Wildman–Crippen MR) is 256 cm³/mol. The van der Waals surface area contributed by atoms with Crippen molar-refractivity contribution < 1.29 is 28.6 Å². The standard InChI is InChI=1S/C54H104O6/c1-6-9-10-11-12-13-14-15-19-22-25-28-34-39-44-52(55)58-47-51(60-54(57)46-41-36-31-30-33-38-43-50(5)8-3)48-59-53(56)45-40-35-29-26-23-20-17-16-18-21-24-27-32-37-42-49(4)7-2/h49-51H,6-48H2,1-5H3/t49?,50?,51-/m1/s1. The summed E-state index contributed by atoms with van der Waals surface area (Å²) in [5.74, 6) is 0.856. The predicted octanol–water partition coefficient (Wildman–Crippen LogP) is 17.3. The Morgan fingerprint density at radius 2 is 0.583 bits per heavy atom. The first-order valence-corrected chi connectivity index (χ1v) is 26.8. The van der Waals surface area contributed by atoms with E-state index in [9.17, 15) is 14.4 Å². The number of hydrogen-bond donors (Lipinski definition) is 0. The molecule has 6 heteroatoms. The van der Waals surface area contributed by atoms with Gasteiger partial charge in [0, 0.05) is 19.3 Å². The number of unbranched alkanes of at least 4 members (excludes halogenated alkanes) is 31. The number of ether oxygens (including phenoxy) is 3. The Hall–Kier alpha value is -1.59. The van der Waals surface area contributed by atoms with Crippen molar-refractivity contribution in [2.24, 2.45) is 11.8 Å². The summed E-state index contributed by atoms with van der Waals surface area (Å²) >= 11 is 0. The zero-order valence-electron chi connectivity index (χ0n) is 41.1. The van der Waals surface area contributed by atoms with Gasteiger partial charge in [-0.25, -0.2) is 0 Å². The average Bonchev–Trinajstić information content (AvgIpc) is 3.25. The van der Waals surface area contributed by atoms with Crippen LogP contribution in [0.4, 0.5) is 0 Å². The molecule has 0 aliphatic rings. The van der Waals surface area contributed by atoms with Gasteiger partial charge in [-0.15, -0.1) is 0 Å². The molecule has 60 heavy (non-hydrogen) atoms. The van der Waals surface area contributed by atoms with Crippen molar-refractivity contribution in [3.8, 4) is 0 Å². The summed E-state index contributed by atoms with van der Waals surface area (Å²) in [4.78, 5) is 37.9. The van der Waals surface area contributed by atoms with Gasteiger partial charge in [0.25, 0.3) is 0 Å². The van der Waals surface area contributed by atoms with E-state index in [-0.39, 0.29) is 31.1 Å². The summed E-state index contributed by atoms with van der Waals surface area (Å²) in [5.41, 5.74) is 0. The molecule has 0 aliphatic heterocycles. The second-order valence-corrected chi connectivity index (χ2v) is 19.0. The molecule has 0 aromatic rings. The summed E-state index contributed by atoms with van der Waals surface area (Å²) in [7, 11) is 0. The number of carbonyl (C=O) groups excluding carboxylic acids is 3. The minimum Gasteiger partial charge on any atom is -0.462 e. The second-order valence-electron chi connectivity index (χ2n) is 19.0. The van der Waals surface area contributed by atoms with Gasteiger partial charge >= 0.3 is 17.9 Å². The van der Waals surface area contributed by atoms with Crippen LogP contribution in [0.15, 0.2) is 0 Å². The van der Waals surface area contributed by atoms with E-state index in [2.05, 4.69) is 34.6 Å². The van der Waals surface area contributed by atoms with E-state index in [4.69, 9.17) is 14.2 Å². The third-order valence-electron chi connectivity index (χ3n) is 12.9. The first-order valence-electron chi connectivity index (χ1n) is 26.8. The molecule has 0 spiro atoms. The minimum atomic E-state index is -0.762. The van der Waals surface area contributed by atoms with Gasteiger partial charge < -0.3 is 14.2 Å². The first kappa shape index (κ1) is 58.4. The summed E-state index contributed by atoms with van der Waals surface area (Å²) in [6.07, 6.45) is 48.0. The molecule has 0 rings (SSSR count). The van der Waals surface area contributed by atoms with Crippen molar-refractivity contribution >= 4 is 17.9 Å². The number of hydrogen-bond acceptors (Lipinski definition) is 6. The maximum Gasteiger partial charge on any atom is 0.306 e. The molecule has 0 aromatic carbocycles. The van der Waals surface area contributed by atoms with Gasteiger partial charge in [-0.3, -0.25) is 14.4 Å². The molecule has 0 aliphatic carbocycles. The molecule has 356 valence electrons. The topological polar surface area (TPSA) is 78.9 Å². The Balaban J connectivity index is 4.25. The Labute approximate surface area is 374 Å². The summed E-state index contributed by atoms with van der Waals surface area (Å²) in [6.45, 7) is 11.4. The van der Waals surface area contributed by atoms with Crippen LogP contribution < -0.4 is 0 Å². The first-order chi connectivity index (χ1) is 29.3. The van der Waals surface area contributed by atoms with E-state index in [0.29, 0.717) is 19.3 Å². The number of esters is 3. The van der Waals surface area contributed by atoms with Crippen LogP contribution in [-0.2, 0) is 28.6 Å². The molecule has 0 amide bonds. The molecule has 0 bridgehead atoms. The van der Waals surface area contributed by atoms with Gasteiger partial charge in [0.15, 0.2) is 6.10 Å². The molecule has 0 N–H and O–H groups in total. The van der Waals surface area contributed by atoms with Gasteiger partial charge in [-0.2, -0.15) is 0 Å². The third-order valence-corrected chi connectivity index (χ3v) is 12.9. The fourth-order valence-electron chi connectivity index (χ4n) is 8.10. The molecular weight excluding hydrogens is 745 g/mol. The highest BCUT2D eigenvalue weighted by atomic mass is 16.6. The zero-order valence-corrected chi connectivity index (χ0v) is 41.1. The SMILES string of the molecule is CCCCCCCCCCCCCCCCC(=O)OC[C@H](COC(=O)CCCCCCCCCCCCCCCCC(C)CC)OC(=O)CCCCCCCCC(C)CC. The van der Waals surface area contributed by atoms with Crippen molar-refractivity contribution in [2.75, 3.05) is 13.2 Å². The van der Waals surface area contributed by atoms with Crippen molar-refractivity contribution in [1.82, 2.24) is 0 Å². The Morgan fingerprint density at radius 3 is 0.867 bits per heavy atom. The van der Waals surface area contributed by atoms with Crippen LogP contribution in [0.5, 0.6) is 0 Å². The van der Waals surface area contributed by atoms with E-state index in [1.165, 1.54) is 186 Å². The largest absolute Gasteiger partial charge is 0.462 e. The lowest BCUT2D eigenvalue weighted by Gasteiger charge is -2.18. The molecule has 6 nitrogen and oxygen atoms in total. The number of carbonyl (C=O) groups is 3. The molecule has 0 aromatic heterocycles. The van der Waals surface area contributed by atoms with Crippen molar-refractivity contribution in [3.63, 3.8) is 0 Å². The van der Waals surface area contributed by atoms with E-state index in [1.807, 2.05) is 0 Å². The van der Waals surface area contributed by atoms with Crippen LogP contribution in [0.2, 0.25) is 0 Å². The van der Waals surface area contributed by atoms with Crippen LogP contribution in [0.25, 0.3) is 0 Å². The summed E-state index contributed by atoms with van der Waals surface area (Å²) in [5, 5.41) is 0. The Morgan fingerprint density at radius 1 is 0.333 bits per heavy atom. The van der Waals surface area contributed by atoms with E-state index in [0.717, 1.165) is 69.6 Å². The molecule has 0 saturated carbocycles. The highest BCUT2D eigenvalue weighted by molar-refractivity contribution is 5.71. The fraction of sp³-hybridized carbons (Fsp3) is 0.944. The monoisotopic (exact) mass is 849 g/mol. The molecule has 0 fully saturated rings. The molecule has 0 radical (unpaired) electrons. The molecule has 3 atom stereocenters. The molecule has 0 saturated heterocycles. The van der Waals surface area contributed by atoms with Gasteiger partial charge in [0.1, 0.15) is 13.2 Å². The van der Waals surface area contributed by atoms with Crippen LogP contribution in [0.3, 0.4) is 0 Å². The van der Waals surface area contributed by atoms with Gasteiger partial charge in [-0.05, 0) is 31.1 Å². The summed E-state index contributed by atoms with van der Waals surface area (Å²) < 4.78 is 16.8. The third kappa shape index (κ3) is 44.5. The second kappa shape index (κ2) is 46.9. The van der Waals surface area contributed by atoms with Gasteiger partial charge in [-0.1, -0.05) is 259 Å². The lowest BCUT2D eigenvalue weighted by Crippen LogP contribution is -2.30. The van der Waals surface area contributed by atoms with Crippen LogP contribution in [0, 0.1) is 11.8 Å². The maximum atomic E-state index is 12.8. The molecule has 2 unspecified atom stereocenters. The number of rotatable bonds is 48. The Bertz CT molecular complexity index is 920. The van der Waals surface area contributed by atoms with Crippen molar-refractivity contribution in [1.29, 1.82) is 0 Å². The highest BCUT2D eigenvalue weighted by Gasteiger charge is 2.19. The lowest BCUT2D eigenvalue weighted by molar-refractivity contribution is -0.167. The van der Waals surface area contributed by atoms with Crippen LogP contribution in [-0.4, -0.2) is 37.2 Å². The highest BCUT2D eigenvalue weighted by Crippen LogP contribution is 2.18. The quantitative estimate of drug-likeness (QED) is 0.0345. The maximum absolute atomic E-state index is 12.8. The van der Waals surface area contributed by atoms with Gasteiger partial charge in [0.05, 0.1) is 0 Å². The minimum absolute atomic E-state index is 0.0643. The normalized spacial score (nSPS) is 12.9. The average molecular weight is 849 g/mol. The summed E-state index contributed by atoms with van der Waals surface area (Å²) in [6, 6.07) is 0. The van der Waals surface area contributed by atoms with Gasteiger partial charge in [0.2, 0.25) is 0 Å². The lowest BCUT2D eigenvalue weighted by atomic mass is 9.99. The van der Waals surface area contributed by atoms with Crippen molar-refractivity contribution in [2.45, 2.75) is 304 Å².